The smallest absolute Gasteiger partial charge is 0.236 e. The van der Waals surface area contributed by atoms with Crippen molar-refractivity contribution < 1.29 is 9.90 Å². The summed E-state index contributed by atoms with van der Waals surface area (Å²) in [5.41, 5.74) is 0. The van der Waals surface area contributed by atoms with Crippen LogP contribution in [0.2, 0.25) is 0 Å². The summed E-state index contributed by atoms with van der Waals surface area (Å²) in [7, 11) is 0. The average molecular weight is 236 g/mol. The molecule has 1 saturated heterocycles. The van der Waals surface area contributed by atoms with Crippen molar-refractivity contribution in [2.75, 3.05) is 19.7 Å². The molecule has 0 aromatic carbocycles. The summed E-state index contributed by atoms with van der Waals surface area (Å²) in [6.07, 6.45) is 0.886. The highest BCUT2D eigenvalue weighted by Crippen LogP contribution is 2.19. The zero-order valence-corrected chi connectivity index (χ0v) is 8.75. The van der Waals surface area contributed by atoms with E-state index in [1.54, 1.807) is 4.90 Å². The summed E-state index contributed by atoms with van der Waals surface area (Å²) in [6, 6.07) is 0. The van der Waals surface area contributed by atoms with Gasteiger partial charge in [0.25, 0.3) is 0 Å². The van der Waals surface area contributed by atoms with Crippen molar-refractivity contribution in [3.8, 4) is 0 Å². The monoisotopic (exact) mass is 235 g/mol. The third-order valence-electron chi connectivity index (χ3n) is 2.08. The van der Waals surface area contributed by atoms with Crippen LogP contribution >= 0.6 is 15.9 Å². The van der Waals surface area contributed by atoms with Gasteiger partial charge in [0.15, 0.2) is 0 Å². The summed E-state index contributed by atoms with van der Waals surface area (Å²) >= 11 is 3.30. The maximum absolute atomic E-state index is 11.4. The van der Waals surface area contributed by atoms with Gasteiger partial charge in [0.1, 0.15) is 0 Å². The maximum Gasteiger partial charge on any atom is 0.236 e. The van der Waals surface area contributed by atoms with Gasteiger partial charge in [0.05, 0.1) is 4.83 Å². The van der Waals surface area contributed by atoms with Gasteiger partial charge in [-0.25, -0.2) is 0 Å². The van der Waals surface area contributed by atoms with Crippen molar-refractivity contribution >= 4 is 21.8 Å². The minimum atomic E-state index is 0.00314. The van der Waals surface area contributed by atoms with E-state index in [4.69, 9.17) is 5.11 Å². The second kappa shape index (κ2) is 4.23. The Labute approximate surface area is 80.9 Å². The zero-order valence-electron chi connectivity index (χ0n) is 7.16. The fourth-order valence-electron chi connectivity index (χ4n) is 1.32. The molecule has 2 atom stereocenters. The molecule has 0 aromatic rings. The molecule has 4 heteroatoms. The molecule has 1 amide bonds. The lowest BCUT2D eigenvalue weighted by Crippen LogP contribution is -2.32. The molecule has 70 valence electrons. The molecule has 1 N–H and O–H groups in total. The van der Waals surface area contributed by atoms with Gasteiger partial charge in [-0.2, -0.15) is 0 Å². The van der Waals surface area contributed by atoms with Crippen molar-refractivity contribution in [1.29, 1.82) is 0 Å². The molecule has 12 heavy (non-hydrogen) atoms. The molecule has 1 rings (SSSR count). The summed E-state index contributed by atoms with van der Waals surface area (Å²) in [4.78, 5) is 13.2. The number of hydrogen-bond acceptors (Lipinski definition) is 2. The van der Waals surface area contributed by atoms with Crippen molar-refractivity contribution in [3.63, 3.8) is 0 Å². The molecule has 0 aromatic heterocycles. The molecular formula is C8H14BrNO2. The number of aliphatic hydroxyl groups excluding tert-OH is 1. The van der Waals surface area contributed by atoms with Crippen LogP contribution in [-0.2, 0) is 4.79 Å². The lowest BCUT2D eigenvalue weighted by Gasteiger charge is -2.19. The normalized spacial score (nSPS) is 26.4. The Hall–Kier alpha value is -0.0900. The minimum Gasteiger partial charge on any atom is -0.396 e. The number of rotatable bonds is 3. The van der Waals surface area contributed by atoms with Crippen LogP contribution in [0, 0.1) is 5.92 Å². The Morgan fingerprint density at radius 3 is 2.92 bits per heavy atom. The fraction of sp³-hybridized carbons (Fsp3) is 0.875. The number of amides is 1. The van der Waals surface area contributed by atoms with Gasteiger partial charge in [-0.05, 0) is 12.3 Å². The number of likely N-dealkylation sites (tertiary alicyclic amines) is 1. The average Bonchev–Trinajstić information content (AvgIpc) is 2.36. The molecule has 2 unspecified atom stereocenters. The van der Waals surface area contributed by atoms with E-state index in [1.165, 1.54) is 0 Å². The van der Waals surface area contributed by atoms with Gasteiger partial charge >= 0.3 is 0 Å². The summed E-state index contributed by atoms with van der Waals surface area (Å²) in [6.45, 7) is 3.59. The quantitative estimate of drug-likeness (QED) is 0.729. The first-order chi connectivity index (χ1) is 5.65. The predicted molar refractivity (Wildman–Crippen MR) is 50.2 cm³/mol. The third-order valence-corrected chi connectivity index (χ3v) is 2.93. The van der Waals surface area contributed by atoms with Crippen LogP contribution in [0.1, 0.15) is 13.3 Å². The number of hydrogen-bond donors (Lipinski definition) is 1. The maximum atomic E-state index is 11.4. The largest absolute Gasteiger partial charge is 0.396 e. The lowest BCUT2D eigenvalue weighted by molar-refractivity contribution is -0.127. The number of aliphatic hydroxyl groups is 1. The Morgan fingerprint density at radius 2 is 2.50 bits per heavy atom. The van der Waals surface area contributed by atoms with Crippen LogP contribution in [0.15, 0.2) is 0 Å². The van der Waals surface area contributed by atoms with Crippen molar-refractivity contribution in [2.45, 2.75) is 18.2 Å². The molecule has 0 aliphatic carbocycles. The standard InChI is InChI=1S/C8H14BrNO2/c1-6(5-11)4-10-3-2-7(9)8(10)12/h6-7,11H,2-5H2,1H3. The topological polar surface area (TPSA) is 40.5 Å². The van der Waals surface area contributed by atoms with Crippen LogP contribution < -0.4 is 0 Å². The van der Waals surface area contributed by atoms with Crippen molar-refractivity contribution in [1.82, 2.24) is 4.90 Å². The van der Waals surface area contributed by atoms with Gasteiger partial charge in [-0.15, -0.1) is 0 Å². The second-order valence-corrected chi connectivity index (χ2v) is 4.43. The summed E-state index contributed by atoms with van der Waals surface area (Å²) in [5.74, 6) is 0.349. The minimum absolute atomic E-state index is 0.00314. The van der Waals surface area contributed by atoms with Gasteiger partial charge < -0.3 is 10.0 Å². The highest BCUT2D eigenvalue weighted by atomic mass is 79.9. The third kappa shape index (κ3) is 2.20. The Balaban J connectivity index is 2.39. The molecular weight excluding hydrogens is 222 g/mol. The van der Waals surface area contributed by atoms with Crippen LogP contribution in [-0.4, -0.2) is 40.4 Å². The molecule has 0 spiro atoms. The number of carbonyl (C=O) groups is 1. The van der Waals surface area contributed by atoms with Gasteiger partial charge in [-0.3, -0.25) is 4.79 Å². The van der Waals surface area contributed by atoms with Crippen molar-refractivity contribution in [3.05, 3.63) is 0 Å². The van der Waals surface area contributed by atoms with Gasteiger partial charge in [-0.1, -0.05) is 22.9 Å². The predicted octanol–water partition coefficient (Wildman–Crippen LogP) is 0.611. The summed E-state index contributed by atoms with van der Waals surface area (Å²) in [5, 5.41) is 8.80. The first-order valence-electron chi connectivity index (χ1n) is 4.19. The molecule has 0 saturated carbocycles. The first-order valence-corrected chi connectivity index (χ1v) is 5.10. The van der Waals surface area contributed by atoms with E-state index >= 15 is 0 Å². The zero-order chi connectivity index (χ0) is 9.14. The molecule has 0 radical (unpaired) electrons. The SMILES string of the molecule is CC(CO)CN1CCC(Br)C1=O. The van der Waals surface area contributed by atoms with Gasteiger partial charge in [0, 0.05) is 19.7 Å². The lowest BCUT2D eigenvalue weighted by atomic mass is 10.2. The van der Waals surface area contributed by atoms with E-state index in [9.17, 15) is 4.79 Å². The second-order valence-electron chi connectivity index (χ2n) is 3.33. The molecule has 0 bridgehead atoms. The Kier molecular flexibility index (Phi) is 3.53. The number of alkyl halides is 1. The number of halogens is 1. The Morgan fingerprint density at radius 1 is 1.83 bits per heavy atom. The molecule has 1 heterocycles. The fourth-order valence-corrected chi connectivity index (χ4v) is 1.81. The summed E-state index contributed by atoms with van der Waals surface area (Å²) < 4.78 is 0. The van der Waals surface area contributed by atoms with Crippen LogP contribution in [0.5, 0.6) is 0 Å². The van der Waals surface area contributed by atoms with Crippen LogP contribution in [0.25, 0.3) is 0 Å². The van der Waals surface area contributed by atoms with E-state index in [0.717, 1.165) is 13.0 Å². The van der Waals surface area contributed by atoms with E-state index in [0.29, 0.717) is 6.54 Å². The molecule has 3 nitrogen and oxygen atoms in total. The van der Waals surface area contributed by atoms with Crippen LogP contribution in [0.3, 0.4) is 0 Å². The van der Waals surface area contributed by atoms with E-state index in [1.807, 2.05) is 6.92 Å². The van der Waals surface area contributed by atoms with E-state index in [2.05, 4.69) is 15.9 Å². The highest BCUT2D eigenvalue weighted by molar-refractivity contribution is 9.10. The first kappa shape index (κ1) is 9.99. The van der Waals surface area contributed by atoms with E-state index in [-0.39, 0.29) is 23.3 Å². The van der Waals surface area contributed by atoms with Crippen LogP contribution in [0.4, 0.5) is 0 Å². The van der Waals surface area contributed by atoms with Gasteiger partial charge in [0.2, 0.25) is 5.91 Å². The van der Waals surface area contributed by atoms with Crippen molar-refractivity contribution in [2.24, 2.45) is 5.92 Å². The Bertz CT molecular complexity index is 174. The van der Waals surface area contributed by atoms with E-state index < -0.39 is 0 Å². The molecule has 1 fully saturated rings. The highest BCUT2D eigenvalue weighted by Gasteiger charge is 2.29. The molecule has 1 aliphatic rings. The molecule has 1 aliphatic heterocycles. The number of nitrogens with zero attached hydrogens (tertiary/aromatic N) is 1. The number of carbonyl (C=O) groups excluding carboxylic acids is 1.